The first-order chi connectivity index (χ1) is 17.8. The summed E-state index contributed by atoms with van der Waals surface area (Å²) >= 11 is 7.52. The van der Waals surface area contributed by atoms with E-state index in [0.29, 0.717) is 23.1 Å². The molecule has 0 bridgehead atoms. The van der Waals surface area contributed by atoms with Crippen LogP contribution in [0.3, 0.4) is 0 Å². The lowest BCUT2D eigenvalue weighted by Crippen LogP contribution is -2.30. The minimum atomic E-state index is -3.86. The largest absolute Gasteiger partial charge is 0.490 e. The summed E-state index contributed by atoms with van der Waals surface area (Å²) in [6.45, 7) is 2.47. The van der Waals surface area contributed by atoms with Gasteiger partial charge in [0.15, 0.2) is 0 Å². The number of nitrogens with zero attached hydrogens (tertiary/aromatic N) is 2. The number of benzene rings is 3. The molecule has 4 aromatic rings. The number of thiazole rings is 1. The van der Waals surface area contributed by atoms with Crippen molar-refractivity contribution in [2.75, 3.05) is 19.5 Å². The number of hydrogen-bond acceptors (Lipinski definition) is 7. The third-order valence-electron chi connectivity index (χ3n) is 5.87. The predicted molar refractivity (Wildman–Crippen MR) is 147 cm³/mol. The zero-order valence-corrected chi connectivity index (χ0v) is 22.9. The summed E-state index contributed by atoms with van der Waals surface area (Å²) < 4.78 is 40.4. The number of methoxy groups -OCH3 is 1. The Labute approximate surface area is 226 Å². The van der Waals surface area contributed by atoms with E-state index in [2.05, 4.69) is 4.98 Å². The molecule has 1 unspecified atom stereocenters. The standard InChI is InChI=1S/C27H28ClN3O4S2/c1-19-27(36-18-30-19)26(34-2)17-35-23-8-5-6-20(14-23)15-31(16-21-7-3-4-9-25(21)29)37(32,33)24-12-10-22(28)11-13-24/h3-14,18,26H,15-17,29H2,1-2H3. The van der Waals surface area contributed by atoms with Crippen LogP contribution in [0.5, 0.6) is 5.75 Å². The van der Waals surface area contributed by atoms with E-state index in [9.17, 15) is 8.42 Å². The third-order valence-corrected chi connectivity index (χ3v) is 8.95. The van der Waals surface area contributed by atoms with Crippen molar-refractivity contribution >= 4 is 38.6 Å². The molecule has 37 heavy (non-hydrogen) atoms. The summed E-state index contributed by atoms with van der Waals surface area (Å²) in [4.78, 5) is 5.45. The number of ether oxygens (including phenoxy) is 2. The van der Waals surface area contributed by atoms with Gasteiger partial charge in [-0.3, -0.25) is 0 Å². The molecule has 194 valence electrons. The maximum absolute atomic E-state index is 13.7. The Balaban J connectivity index is 1.58. The van der Waals surface area contributed by atoms with Crippen LogP contribution in [0.4, 0.5) is 5.69 Å². The highest BCUT2D eigenvalue weighted by Gasteiger charge is 2.26. The first kappa shape index (κ1) is 27.1. The zero-order chi connectivity index (χ0) is 26.4. The van der Waals surface area contributed by atoms with Gasteiger partial charge in [0.05, 0.1) is 21.0 Å². The molecule has 0 amide bonds. The molecule has 0 radical (unpaired) electrons. The summed E-state index contributed by atoms with van der Waals surface area (Å²) in [5.41, 5.74) is 10.9. The maximum atomic E-state index is 13.7. The van der Waals surface area contributed by atoms with Crippen molar-refractivity contribution in [1.29, 1.82) is 0 Å². The molecule has 0 spiro atoms. The van der Waals surface area contributed by atoms with E-state index in [-0.39, 0.29) is 24.1 Å². The second-order valence-electron chi connectivity index (χ2n) is 8.41. The highest BCUT2D eigenvalue weighted by molar-refractivity contribution is 7.89. The molecule has 0 aliphatic carbocycles. The topological polar surface area (TPSA) is 94.7 Å². The lowest BCUT2D eigenvalue weighted by atomic mass is 10.1. The van der Waals surface area contributed by atoms with E-state index in [1.54, 1.807) is 30.8 Å². The lowest BCUT2D eigenvalue weighted by Gasteiger charge is -2.24. The molecule has 1 atom stereocenters. The summed E-state index contributed by atoms with van der Waals surface area (Å²) in [5, 5.41) is 0.463. The van der Waals surface area contributed by atoms with Crippen LogP contribution in [0.25, 0.3) is 0 Å². The monoisotopic (exact) mass is 557 g/mol. The van der Waals surface area contributed by atoms with Crippen molar-refractivity contribution in [2.24, 2.45) is 0 Å². The smallest absolute Gasteiger partial charge is 0.243 e. The lowest BCUT2D eigenvalue weighted by molar-refractivity contribution is 0.0595. The van der Waals surface area contributed by atoms with Gasteiger partial charge in [-0.05, 0) is 60.5 Å². The highest BCUT2D eigenvalue weighted by Crippen LogP contribution is 2.28. The molecule has 2 N–H and O–H groups in total. The Hall–Kier alpha value is -2.95. The molecule has 0 saturated carbocycles. The van der Waals surface area contributed by atoms with Crippen LogP contribution >= 0.6 is 22.9 Å². The number of nitrogens with two attached hydrogens (primary N) is 1. The van der Waals surface area contributed by atoms with Crippen molar-refractivity contribution in [3.8, 4) is 5.75 Å². The molecule has 0 aliphatic heterocycles. The molecule has 1 heterocycles. The number of aromatic nitrogens is 1. The number of rotatable bonds is 11. The van der Waals surface area contributed by atoms with Gasteiger partial charge in [0.2, 0.25) is 10.0 Å². The second kappa shape index (κ2) is 12.1. The number of hydrogen-bond donors (Lipinski definition) is 1. The summed E-state index contributed by atoms with van der Waals surface area (Å²) in [6.07, 6.45) is -0.251. The Morgan fingerprint density at radius 2 is 1.81 bits per heavy atom. The summed E-state index contributed by atoms with van der Waals surface area (Å²) in [7, 11) is -2.22. The van der Waals surface area contributed by atoms with Crippen LogP contribution in [-0.4, -0.2) is 31.4 Å². The van der Waals surface area contributed by atoms with Gasteiger partial charge in [0.1, 0.15) is 18.5 Å². The molecule has 10 heteroatoms. The van der Waals surface area contributed by atoms with Crippen molar-refractivity contribution in [2.45, 2.75) is 31.0 Å². The quantitative estimate of drug-likeness (QED) is 0.233. The van der Waals surface area contributed by atoms with Gasteiger partial charge in [0.25, 0.3) is 0 Å². The molecule has 3 aromatic carbocycles. The Kier molecular flexibility index (Phi) is 8.83. The Bertz CT molecular complexity index is 1440. The first-order valence-corrected chi connectivity index (χ1v) is 14.2. The minimum Gasteiger partial charge on any atom is -0.490 e. The number of nitrogen functional groups attached to an aromatic ring is 1. The van der Waals surface area contributed by atoms with Crippen LogP contribution in [0.2, 0.25) is 5.02 Å². The highest BCUT2D eigenvalue weighted by atomic mass is 35.5. The molecule has 1 aromatic heterocycles. The summed E-state index contributed by atoms with van der Waals surface area (Å²) in [6, 6.07) is 20.8. The third kappa shape index (κ3) is 6.68. The molecular formula is C27H28ClN3O4S2. The molecule has 7 nitrogen and oxygen atoms in total. The number of sulfonamides is 1. The van der Waals surface area contributed by atoms with Crippen molar-refractivity contribution in [3.05, 3.63) is 105 Å². The van der Waals surface area contributed by atoms with Crippen LogP contribution in [0.1, 0.15) is 27.8 Å². The molecule has 0 saturated heterocycles. The van der Waals surface area contributed by atoms with Gasteiger partial charge in [-0.25, -0.2) is 13.4 Å². The van der Waals surface area contributed by atoms with Gasteiger partial charge in [-0.15, -0.1) is 11.3 Å². The Morgan fingerprint density at radius 3 is 2.49 bits per heavy atom. The zero-order valence-electron chi connectivity index (χ0n) is 20.5. The number of para-hydroxylation sites is 1. The molecule has 4 rings (SSSR count). The van der Waals surface area contributed by atoms with E-state index in [0.717, 1.165) is 21.7 Å². The average Bonchev–Trinajstić information content (AvgIpc) is 3.31. The van der Waals surface area contributed by atoms with Gasteiger partial charge in [-0.1, -0.05) is 41.9 Å². The van der Waals surface area contributed by atoms with Crippen LogP contribution in [0, 0.1) is 6.92 Å². The van der Waals surface area contributed by atoms with E-state index >= 15 is 0 Å². The second-order valence-corrected chi connectivity index (χ2v) is 11.7. The number of halogens is 1. The van der Waals surface area contributed by atoms with Crippen molar-refractivity contribution < 1.29 is 17.9 Å². The van der Waals surface area contributed by atoms with Crippen LogP contribution < -0.4 is 10.5 Å². The maximum Gasteiger partial charge on any atom is 0.243 e. The van der Waals surface area contributed by atoms with E-state index < -0.39 is 10.0 Å². The minimum absolute atomic E-state index is 0.110. The van der Waals surface area contributed by atoms with Crippen molar-refractivity contribution in [1.82, 2.24) is 9.29 Å². The molecule has 0 aliphatic rings. The first-order valence-electron chi connectivity index (χ1n) is 11.5. The fraction of sp³-hybridized carbons (Fsp3) is 0.222. The fourth-order valence-electron chi connectivity index (χ4n) is 3.83. The van der Waals surface area contributed by atoms with Gasteiger partial charge < -0.3 is 15.2 Å². The van der Waals surface area contributed by atoms with E-state index in [1.165, 1.54) is 27.8 Å². The van der Waals surface area contributed by atoms with Gasteiger partial charge in [-0.2, -0.15) is 4.31 Å². The molecule has 0 fully saturated rings. The average molecular weight is 558 g/mol. The van der Waals surface area contributed by atoms with Gasteiger partial charge in [0, 0.05) is 30.9 Å². The predicted octanol–water partition coefficient (Wildman–Crippen LogP) is 5.84. The molecular weight excluding hydrogens is 530 g/mol. The van der Waals surface area contributed by atoms with Crippen molar-refractivity contribution in [3.63, 3.8) is 0 Å². The van der Waals surface area contributed by atoms with E-state index in [1.807, 2.05) is 49.4 Å². The van der Waals surface area contributed by atoms with E-state index in [4.69, 9.17) is 26.8 Å². The number of aryl methyl sites for hydroxylation is 1. The summed E-state index contributed by atoms with van der Waals surface area (Å²) in [5.74, 6) is 0.616. The SMILES string of the molecule is COC(COc1cccc(CN(Cc2ccccc2N)S(=O)(=O)c2ccc(Cl)cc2)c1)c1scnc1C. The van der Waals surface area contributed by atoms with Crippen LogP contribution in [0.15, 0.2) is 83.2 Å². The fourth-order valence-corrected chi connectivity index (χ4v) is 6.23. The van der Waals surface area contributed by atoms with Crippen LogP contribution in [-0.2, 0) is 27.8 Å². The normalized spacial score (nSPS) is 12.5. The Morgan fingerprint density at radius 1 is 1.05 bits per heavy atom. The van der Waals surface area contributed by atoms with Gasteiger partial charge >= 0.3 is 0 Å². The number of anilines is 1.